The maximum atomic E-state index is 12.0. The normalized spacial score (nSPS) is 11.4. The Bertz CT molecular complexity index is 330. The quantitative estimate of drug-likeness (QED) is 0.748. The molecule has 3 N–H and O–H groups in total. The van der Waals surface area contributed by atoms with E-state index in [4.69, 9.17) is 5.73 Å². The summed E-state index contributed by atoms with van der Waals surface area (Å²) < 4.78 is 0. The van der Waals surface area contributed by atoms with Crippen LogP contribution >= 0.6 is 12.4 Å². The number of carbonyl (C=O) groups excluding carboxylic acids is 1. The Morgan fingerprint density at radius 1 is 1.28 bits per heavy atom. The molecule has 1 amide bonds. The number of rotatable bonds is 7. The van der Waals surface area contributed by atoms with Gasteiger partial charge in [-0.3, -0.25) is 4.79 Å². The van der Waals surface area contributed by atoms with E-state index in [0.717, 1.165) is 31.4 Å². The highest BCUT2D eigenvalue weighted by Crippen LogP contribution is 2.18. The minimum atomic E-state index is -0.0333. The summed E-state index contributed by atoms with van der Waals surface area (Å²) in [5, 5.41) is 2.97. The molecular weight excluding hydrogens is 248 g/mol. The summed E-state index contributed by atoms with van der Waals surface area (Å²) in [7, 11) is 0. The van der Waals surface area contributed by atoms with Crippen LogP contribution in [-0.2, 0) is 4.79 Å². The summed E-state index contributed by atoms with van der Waals surface area (Å²) in [5.74, 6) is 0.0878. The first-order valence-corrected chi connectivity index (χ1v) is 6.32. The average Bonchev–Trinajstić information content (AvgIpc) is 2.37. The number of nitrogens with two attached hydrogens (primary N) is 1. The molecule has 0 aliphatic rings. The molecule has 1 rings (SSSR count). The minimum Gasteiger partial charge on any atom is -0.356 e. The third-order valence-corrected chi connectivity index (χ3v) is 2.86. The second kappa shape index (κ2) is 9.92. The van der Waals surface area contributed by atoms with Crippen LogP contribution in [0.1, 0.15) is 37.7 Å². The summed E-state index contributed by atoms with van der Waals surface area (Å²) >= 11 is 0. The van der Waals surface area contributed by atoms with Crippen molar-refractivity contribution in [3.8, 4) is 0 Å². The fourth-order valence-electron chi connectivity index (χ4n) is 1.86. The van der Waals surface area contributed by atoms with Gasteiger partial charge in [0, 0.05) is 6.54 Å². The maximum Gasteiger partial charge on any atom is 0.227 e. The number of unbranched alkanes of at least 4 members (excludes halogenated alkanes) is 1. The van der Waals surface area contributed by atoms with E-state index < -0.39 is 0 Å². The number of benzene rings is 1. The molecule has 1 atom stereocenters. The van der Waals surface area contributed by atoms with Gasteiger partial charge in [-0.2, -0.15) is 0 Å². The molecule has 1 unspecified atom stereocenters. The van der Waals surface area contributed by atoms with Crippen LogP contribution in [0.5, 0.6) is 0 Å². The lowest BCUT2D eigenvalue weighted by Crippen LogP contribution is -2.30. The molecule has 1 aromatic rings. The van der Waals surface area contributed by atoms with Crippen LogP contribution in [0.2, 0.25) is 0 Å². The molecule has 0 aliphatic heterocycles. The number of halogens is 1. The molecule has 4 heteroatoms. The molecule has 102 valence electrons. The Kier molecular flexibility index (Phi) is 9.33. The first-order chi connectivity index (χ1) is 8.29. The maximum absolute atomic E-state index is 12.0. The summed E-state index contributed by atoms with van der Waals surface area (Å²) in [6.45, 7) is 3.45. The highest BCUT2D eigenvalue weighted by molar-refractivity contribution is 5.85. The molecule has 0 saturated carbocycles. The third kappa shape index (κ3) is 5.52. The average molecular weight is 271 g/mol. The largest absolute Gasteiger partial charge is 0.356 e. The van der Waals surface area contributed by atoms with Gasteiger partial charge in [0.1, 0.15) is 0 Å². The Labute approximate surface area is 116 Å². The van der Waals surface area contributed by atoms with Gasteiger partial charge in [-0.1, -0.05) is 37.3 Å². The Morgan fingerprint density at radius 2 is 1.94 bits per heavy atom. The van der Waals surface area contributed by atoms with E-state index in [1.165, 1.54) is 0 Å². The molecule has 0 spiro atoms. The zero-order valence-electron chi connectivity index (χ0n) is 10.9. The lowest BCUT2D eigenvalue weighted by molar-refractivity contribution is -0.122. The molecule has 0 aromatic heterocycles. The zero-order chi connectivity index (χ0) is 12.5. The van der Waals surface area contributed by atoms with Crippen LogP contribution < -0.4 is 11.1 Å². The Balaban J connectivity index is 0.00000289. The number of amides is 1. The Hall–Kier alpha value is -1.06. The van der Waals surface area contributed by atoms with Crippen LogP contribution in [-0.4, -0.2) is 19.0 Å². The van der Waals surface area contributed by atoms with E-state index in [1.54, 1.807) is 0 Å². The van der Waals surface area contributed by atoms with Gasteiger partial charge in [0.05, 0.1) is 5.92 Å². The molecule has 18 heavy (non-hydrogen) atoms. The zero-order valence-corrected chi connectivity index (χ0v) is 11.7. The van der Waals surface area contributed by atoms with Crippen molar-refractivity contribution in [2.24, 2.45) is 5.73 Å². The van der Waals surface area contributed by atoms with Gasteiger partial charge in [-0.15, -0.1) is 12.4 Å². The van der Waals surface area contributed by atoms with Crippen LogP contribution in [0.15, 0.2) is 30.3 Å². The van der Waals surface area contributed by atoms with E-state index in [-0.39, 0.29) is 24.2 Å². The lowest BCUT2D eigenvalue weighted by atomic mass is 9.95. The van der Waals surface area contributed by atoms with E-state index in [0.29, 0.717) is 6.54 Å². The van der Waals surface area contributed by atoms with E-state index >= 15 is 0 Å². The van der Waals surface area contributed by atoms with E-state index in [1.807, 2.05) is 37.3 Å². The van der Waals surface area contributed by atoms with Gasteiger partial charge >= 0.3 is 0 Å². The van der Waals surface area contributed by atoms with Crippen molar-refractivity contribution in [1.29, 1.82) is 0 Å². The number of nitrogens with one attached hydrogen (secondary N) is 1. The first-order valence-electron chi connectivity index (χ1n) is 6.32. The van der Waals surface area contributed by atoms with Crippen LogP contribution in [0.3, 0.4) is 0 Å². The Morgan fingerprint density at radius 3 is 2.50 bits per heavy atom. The van der Waals surface area contributed by atoms with Gasteiger partial charge in [0.15, 0.2) is 0 Å². The van der Waals surface area contributed by atoms with Crippen molar-refractivity contribution in [2.75, 3.05) is 13.1 Å². The highest BCUT2D eigenvalue weighted by atomic mass is 35.5. The van der Waals surface area contributed by atoms with Crippen molar-refractivity contribution in [3.05, 3.63) is 35.9 Å². The topological polar surface area (TPSA) is 55.1 Å². The van der Waals surface area contributed by atoms with Crippen molar-refractivity contribution < 1.29 is 4.79 Å². The van der Waals surface area contributed by atoms with Crippen molar-refractivity contribution >= 4 is 18.3 Å². The predicted octanol–water partition coefficient (Wildman–Crippen LogP) is 2.46. The van der Waals surface area contributed by atoms with E-state index in [9.17, 15) is 4.79 Å². The molecule has 0 fully saturated rings. The summed E-state index contributed by atoms with van der Waals surface area (Å²) in [5.41, 5.74) is 6.50. The fraction of sp³-hybridized carbons (Fsp3) is 0.500. The monoisotopic (exact) mass is 270 g/mol. The molecule has 3 nitrogen and oxygen atoms in total. The first kappa shape index (κ1) is 16.9. The van der Waals surface area contributed by atoms with Gasteiger partial charge in [-0.05, 0) is 31.4 Å². The lowest BCUT2D eigenvalue weighted by Gasteiger charge is -2.15. The highest BCUT2D eigenvalue weighted by Gasteiger charge is 2.17. The number of hydrogen-bond donors (Lipinski definition) is 2. The molecule has 0 radical (unpaired) electrons. The second-order valence-corrected chi connectivity index (χ2v) is 4.16. The summed E-state index contributed by atoms with van der Waals surface area (Å²) in [4.78, 5) is 12.0. The smallest absolute Gasteiger partial charge is 0.227 e. The van der Waals surface area contributed by atoms with Crippen molar-refractivity contribution in [2.45, 2.75) is 32.1 Å². The number of hydrogen-bond acceptors (Lipinski definition) is 2. The van der Waals surface area contributed by atoms with Gasteiger partial charge in [0.25, 0.3) is 0 Å². The molecule has 0 heterocycles. The molecule has 0 saturated heterocycles. The molecular formula is C14H23ClN2O. The summed E-state index contributed by atoms with van der Waals surface area (Å²) in [6, 6.07) is 9.93. The third-order valence-electron chi connectivity index (χ3n) is 2.86. The minimum absolute atomic E-state index is 0. The van der Waals surface area contributed by atoms with E-state index in [2.05, 4.69) is 5.32 Å². The molecule has 1 aromatic carbocycles. The van der Waals surface area contributed by atoms with Crippen molar-refractivity contribution in [1.82, 2.24) is 5.32 Å². The molecule has 0 aliphatic carbocycles. The SMILES string of the molecule is CCC(C(=O)NCCCCN)c1ccccc1.Cl. The standard InChI is InChI=1S/C14H22N2O.ClH/c1-2-13(12-8-4-3-5-9-12)14(17)16-11-7-6-10-15;/h3-5,8-9,13H,2,6-7,10-11,15H2,1H3,(H,16,17);1H. The van der Waals surface area contributed by atoms with Gasteiger partial charge in [-0.25, -0.2) is 0 Å². The van der Waals surface area contributed by atoms with Gasteiger partial charge < -0.3 is 11.1 Å². The summed E-state index contributed by atoms with van der Waals surface area (Å²) in [6.07, 6.45) is 2.74. The predicted molar refractivity (Wildman–Crippen MR) is 78.0 cm³/mol. The second-order valence-electron chi connectivity index (χ2n) is 4.16. The van der Waals surface area contributed by atoms with Crippen LogP contribution in [0, 0.1) is 0 Å². The molecule has 0 bridgehead atoms. The number of carbonyl (C=O) groups is 1. The van der Waals surface area contributed by atoms with Crippen LogP contribution in [0.25, 0.3) is 0 Å². The van der Waals surface area contributed by atoms with Crippen LogP contribution in [0.4, 0.5) is 0 Å². The van der Waals surface area contributed by atoms with Gasteiger partial charge in [0.2, 0.25) is 5.91 Å². The van der Waals surface area contributed by atoms with Crippen molar-refractivity contribution in [3.63, 3.8) is 0 Å². The fourth-order valence-corrected chi connectivity index (χ4v) is 1.86.